The molecule has 1 aromatic rings. The summed E-state index contributed by atoms with van der Waals surface area (Å²) in [5.74, 6) is -5.14. The number of amides is 1. The van der Waals surface area contributed by atoms with Crippen molar-refractivity contribution in [2.45, 2.75) is 12.8 Å². The molecule has 0 heterocycles. The summed E-state index contributed by atoms with van der Waals surface area (Å²) in [6, 6.07) is 2.96. The Kier molecular flexibility index (Phi) is 3.80. The van der Waals surface area contributed by atoms with Crippen molar-refractivity contribution in [1.82, 2.24) is 0 Å². The van der Waals surface area contributed by atoms with E-state index in [0.717, 1.165) is 12.1 Å². The minimum absolute atomic E-state index is 0.0937. The second-order valence-corrected chi connectivity index (χ2v) is 3.53. The average molecular weight is 252 g/mol. The van der Waals surface area contributed by atoms with Gasteiger partial charge in [0.25, 0.3) is 5.92 Å². The Balaban J connectivity index is 2.96. The zero-order chi connectivity index (χ0) is 12.3. The van der Waals surface area contributed by atoms with Crippen LogP contribution in [0.3, 0.4) is 0 Å². The van der Waals surface area contributed by atoms with Gasteiger partial charge in [-0.2, -0.15) is 0 Å². The Labute approximate surface area is 95.4 Å². The van der Waals surface area contributed by atoms with Crippen LogP contribution in [0.2, 0.25) is 0 Å². The summed E-state index contributed by atoms with van der Waals surface area (Å²) in [6.07, 6.45) is 0. The summed E-state index contributed by atoms with van der Waals surface area (Å²) in [5, 5.41) is 2.26. The Hall–Kier alpha value is -1.23. The second kappa shape index (κ2) is 4.74. The van der Waals surface area contributed by atoms with Gasteiger partial charge in [-0.05, 0) is 18.2 Å². The lowest BCUT2D eigenvalue weighted by atomic mass is 10.1. The fraction of sp³-hybridized carbons (Fsp3) is 0.300. The highest BCUT2D eigenvalue weighted by atomic mass is 35.5. The summed E-state index contributed by atoms with van der Waals surface area (Å²) in [6.45, 7) is 0.600. The predicted octanol–water partition coefficient (Wildman–Crippen LogP) is 3.11. The van der Waals surface area contributed by atoms with E-state index < -0.39 is 23.2 Å². The molecule has 1 N–H and O–H groups in total. The molecule has 0 bridgehead atoms. The number of hydrogen-bond acceptors (Lipinski definition) is 1. The monoisotopic (exact) mass is 251 g/mol. The molecule has 2 nitrogen and oxygen atoms in total. The molecule has 0 aliphatic carbocycles. The van der Waals surface area contributed by atoms with Gasteiger partial charge in [-0.15, -0.1) is 11.6 Å². The molecular formula is C10H9ClF3NO. The van der Waals surface area contributed by atoms with Crippen LogP contribution in [0.15, 0.2) is 18.2 Å². The van der Waals surface area contributed by atoms with E-state index in [1.165, 1.54) is 6.07 Å². The zero-order valence-electron chi connectivity index (χ0n) is 8.36. The Morgan fingerprint density at radius 1 is 1.50 bits per heavy atom. The number of halogens is 4. The van der Waals surface area contributed by atoms with E-state index >= 15 is 0 Å². The first-order valence-corrected chi connectivity index (χ1v) is 4.91. The van der Waals surface area contributed by atoms with Crippen molar-refractivity contribution in [3.05, 3.63) is 29.6 Å². The fourth-order valence-corrected chi connectivity index (χ4v) is 1.21. The molecule has 1 amide bonds. The highest BCUT2D eigenvalue weighted by Gasteiger charge is 2.28. The Morgan fingerprint density at radius 2 is 2.12 bits per heavy atom. The van der Waals surface area contributed by atoms with E-state index in [0.29, 0.717) is 6.92 Å². The quantitative estimate of drug-likeness (QED) is 0.822. The van der Waals surface area contributed by atoms with Gasteiger partial charge in [0.05, 0.1) is 5.56 Å². The number of anilines is 1. The molecule has 1 aromatic carbocycles. The fourth-order valence-electron chi connectivity index (χ4n) is 1.14. The normalized spacial score (nSPS) is 11.3. The van der Waals surface area contributed by atoms with Crippen molar-refractivity contribution in [2.24, 2.45) is 0 Å². The number of rotatable bonds is 3. The van der Waals surface area contributed by atoms with Crippen LogP contribution < -0.4 is 5.32 Å². The third-order valence-electron chi connectivity index (χ3n) is 1.85. The average Bonchev–Trinajstić information content (AvgIpc) is 2.15. The van der Waals surface area contributed by atoms with Crippen molar-refractivity contribution >= 4 is 23.2 Å². The standard InChI is InChI=1S/C10H9ClF3NO/c1-10(13,14)7-3-2-6(4-8(7)12)15-9(16)5-11/h2-4H,5H2,1H3,(H,15,16). The maximum atomic E-state index is 13.2. The molecule has 0 atom stereocenters. The highest BCUT2D eigenvalue weighted by Crippen LogP contribution is 2.30. The van der Waals surface area contributed by atoms with Crippen molar-refractivity contribution in [3.8, 4) is 0 Å². The number of benzene rings is 1. The molecule has 0 radical (unpaired) electrons. The molecule has 0 aliphatic heterocycles. The first-order chi connectivity index (χ1) is 7.34. The van der Waals surface area contributed by atoms with Crippen LogP contribution in [0.1, 0.15) is 12.5 Å². The molecule has 88 valence electrons. The first-order valence-electron chi connectivity index (χ1n) is 4.38. The molecule has 1 rings (SSSR count). The van der Waals surface area contributed by atoms with Gasteiger partial charge < -0.3 is 5.32 Å². The van der Waals surface area contributed by atoms with Crippen molar-refractivity contribution < 1.29 is 18.0 Å². The number of carbonyl (C=O) groups is 1. The maximum Gasteiger partial charge on any atom is 0.273 e. The summed E-state index contributed by atoms with van der Waals surface area (Å²) in [4.78, 5) is 10.9. The maximum absolute atomic E-state index is 13.2. The Morgan fingerprint density at radius 3 is 2.56 bits per heavy atom. The van der Waals surface area contributed by atoms with Crippen molar-refractivity contribution in [2.75, 3.05) is 11.2 Å². The molecule has 0 saturated heterocycles. The smallest absolute Gasteiger partial charge is 0.273 e. The number of hydrogen-bond donors (Lipinski definition) is 1. The lowest BCUT2D eigenvalue weighted by Gasteiger charge is -2.12. The van der Waals surface area contributed by atoms with Gasteiger partial charge in [-0.3, -0.25) is 4.79 Å². The van der Waals surface area contributed by atoms with Crippen LogP contribution in [-0.2, 0) is 10.7 Å². The van der Waals surface area contributed by atoms with E-state index in [2.05, 4.69) is 5.32 Å². The molecule has 0 aliphatic rings. The number of alkyl halides is 3. The van der Waals surface area contributed by atoms with Gasteiger partial charge in [-0.25, -0.2) is 13.2 Å². The van der Waals surface area contributed by atoms with E-state index in [-0.39, 0.29) is 11.6 Å². The van der Waals surface area contributed by atoms with E-state index in [9.17, 15) is 18.0 Å². The second-order valence-electron chi connectivity index (χ2n) is 3.26. The van der Waals surface area contributed by atoms with Gasteiger partial charge in [0.2, 0.25) is 5.91 Å². The molecule has 6 heteroatoms. The minimum atomic E-state index is -3.25. The molecule has 0 unspecified atom stereocenters. The highest BCUT2D eigenvalue weighted by molar-refractivity contribution is 6.29. The van der Waals surface area contributed by atoms with Gasteiger partial charge in [0.1, 0.15) is 11.7 Å². The van der Waals surface area contributed by atoms with Crippen LogP contribution >= 0.6 is 11.6 Å². The number of carbonyl (C=O) groups excluding carboxylic acids is 1. The molecule has 16 heavy (non-hydrogen) atoms. The number of nitrogens with one attached hydrogen (secondary N) is 1. The summed E-state index contributed by atoms with van der Waals surface area (Å²) in [7, 11) is 0. The summed E-state index contributed by atoms with van der Waals surface area (Å²) < 4.78 is 38.9. The van der Waals surface area contributed by atoms with Gasteiger partial charge in [0, 0.05) is 12.6 Å². The van der Waals surface area contributed by atoms with Crippen LogP contribution in [-0.4, -0.2) is 11.8 Å². The third-order valence-corrected chi connectivity index (χ3v) is 2.09. The predicted molar refractivity (Wildman–Crippen MR) is 55.3 cm³/mol. The molecule has 0 aromatic heterocycles. The lowest BCUT2D eigenvalue weighted by Crippen LogP contribution is -2.14. The molecule has 0 saturated carbocycles. The molecule has 0 spiro atoms. The van der Waals surface area contributed by atoms with E-state index in [1.807, 2.05) is 0 Å². The lowest BCUT2D eigenvalue weighted by molar-refractivity contribution is -0.113. The topological polar surface area (TPSA) is 29.1 Å². The summed E-state index contributed by atoms with van der Waals surface area (Å²) in [5.41, 5.74) is -0.618. The van der Waals surface area contributed by atoms with Gasteiger partial charge in [0.15, 0.2) is 0 Å². The van der Waals surface area contributed by atoms with Crippen LogP contribution in [0.4, 0.5) is 18.9 Å². The van der Waals surface area contributed by atoms with Gasteiger partial charge in [-0.1, -0.05) is 0 Å². The van der Waals surface area contributed by atoms with Crippen molar-refractivity contribution in [3.63, 3.8) is 0 Å². The van der Waals surface area contributed by atoms with Crippen LogP contribution in [0.25, 0.3) is 0 Å². The molecular weight excluding hydrogens is 243 g/mol. The van der Waals surface area contributed by atoms with Gasteiger partial charge >= 0.3 is 0 Å². The Bertz CT molecular complexity index is 404. The zero-order valence-corrected chi connectivity index (χ0v) is 9.12. The SMILES string of the molecule is CC(F)(F)c1ccc(NC(=O)CCl)cc1F. The van der Waals surface area contributed by atoms with Crippen LogP contribution in [0.5, 0.6) is 0 Å². The van der Waals surface area contributed by atoms with Crippen LogP contribution in [0, 0.1) is 5.82 Å². The molecule has 0 fully saturated rings. The third kappa shape index (κ3) is 3.13. The van der Waals surface area contributed by atoms with E-state index in [1.54, 1.807) is 0 Å². The van der Waals surface area contributed by atoms with E-state index in [4.69, 9.17) is 11.6 Å². The summed E-state index contributed by atoms with van der Waals surface area (Å²) >= 11 is 5.22. The first kappa shape index (κ1) is 12.8. The largest absolute Gasteiger partial charge is 0.325 e. The minimum Gasteiger partial charge on any atom is -0.325 e. The van der Waals surface area contributed by atoms with Crippen molar-refractivity contribution in [1.29, 1.82) is 0 Å².